The summed E-state index contributed by atoms with van der Waals surface area (Å²) in [7, 11) is 0. The topological polar surface area (TPSA) is 79.2 Å². The minimum Gasteiger partial charge on any atom is -0.379 e. The van der Waals surface area contributed by atoms with Crippen LogP contribution in [0.2, 0.25) is 0 Å². The van der Waals surface area contributed by atoms with Crippen LogP contribution in [0.15, 0.2) is 28.0 Å². The second kappa shape index (κ2) is 11.0. The smallest absolute Gasteiger partial charge is 0.267 e. The molecule has 2 aliphatic heterocycles. The van der Waals surface area contributed by atoms with Crippen molar-refractivity contribution in [3.63, 3.8) is 0 Å². The van der Waals surface area contributed by atoms with E-state index in [0.29, 0.717) is 32.8 Å². The highest BCUT2D eigenvalue weighted by Crippen LogP contribution is 2.34. The number of thiocarbonyl (C=S) groups is 1. The van der Waals surface area contributed by atoms with Crippen molar-refractivity contribution in [2.75, 3.05) is 44.7 Å². The van der Waals surface area contributed by atoms with Gasteiger partial charge in [-0.1, -0.05) is 37.0 Å². The number of morpholine rings is 1. The first-order valence-electron chi connectivity index (χ1n) is 11.7. The Labute approximate surface area is 209 Å². The Bertz CT molecular complexity index is 1170. The van der Waals surface area contributed by atoms with Crippen molar-refractivity contribution < 1.29 is 9.53 Å². The van der Waals surface area contributed by atoms with Crippen molar-refractivity contribution in [1.29, 1.82) is 0 Å². The molecule has 1 unspecified atom stereocenters. The number of ether oxygens (including phenoxy) is 1. The molecule has 2 fully saturated rings. The van der Waals surface area contributed by atoms with Crippen LogP contribution in [0.5, 0.6) is 0 Å². The lowest BCUT2D eigenvalue weighted by Gasteiger charge is -2.26. The van der Waals surface area contributed by atoms with Crippen LogP contribution < -0.4 is 10.9 Å². The van der Waals surface area contributed by atoms with Crippen LogP contribution in [-0.2, 0) is 9.53 Å². The van der Waals surface area contributed by atoms with Crippen molar-refractivity contribution in [3.05, 3.63) is 44.7 Å². The molecule has 2 aromatic rings. The van der Waals surface area contributed by atoms with Gasteiger partial charge in [-0.05, 0) is 50.9 Å². The van der Waals surface area contributed by atoms with Crippen LogP contribution in [0.4, 0.5) is 5.82 Å². The highest BCUT2D eigenvalue weighted by atomic mass is 32.2. The van der Waals surface area contributed by atoms with Crippen LogP contribution in [0, 0.1) is 6.92 Å². The van der Waals surface area contributed by atoms with Crippen molar-refractivity contribution in [3.8, 4) is 0 Å². The van der Waals surface area contributed by atoms with E-state index >= 15 is 0 Å². The largest absolute Gasteiger partial charge is 0.379 e. The van der Waals surface area contributed by atoms with Crippen molar-refractivity contribution >= 4 is 51.7 Å². The van der Waals surface area contributed by atoms with Crippen LogP contribution in [0.25, 0.3) is 11.7 Å². The Morgan fingerprint density at radius 3 is 2.82 bits per heavy atom. The molecule has 0 saturated carbocycles. The summed E-state index contributed by atoms with van der Waals surface area (Å²) >= 11 is 6.70. The average molecular weight is 502 g/mol. The molecule has 0 aromatic carbocycles. The maximum atomic E-state index is 13.5. The van der Waals surface area contributed by atoms with Gasteiger partial charge in [-0.15, -0.1) is 0 Å². The van der Waals surface area contributed by atoms with Gasteiger partial charge in [-0.3, -0.25) is 23.8 Å². The van der Waals surface area contributed by atoms with Gasteiger partial charge in [0.2, 0.25) is 0 Å². The summed E-state index contributed by atoms with van der Waals surface area (Å²) in [4.78, 5) is 35.8. The molecule has 4 rings (SSSR count). The molecule has 2 aromatic heterocycles. The molecular formula is C24H31N5O3S2. The fraction of sp³-hybridized carbons (Fsp3) is 0.500. The quantitative estimate of drug-likeness (QED) is 0.336. The first-order chi connectivity index (χ1) is 16.4. The zero-order valence-corrected chi connectivity index (χ0v) is 21.5. The third kappa shape index (κ3) is 5.19. The average Bonchev–Trinajstić information content (AvgIpc) is 3.12. The molecule has 182 valence electrons. The first kappa shape index (κ1) is 24.8. The molecule has 1 N–H and O–H groups in total. The fourth-order valence-corrected chi connectivity index (χ4v) is 5.53. The lowest BCUT2D eigenvalue weighted by molar-refractivity contribution is -0.123. The highest BCUT2D eigenvalue weighted by Gasteiger charge is 2.35. The van der Waals surface area contributed by atoms with Crippen molar-refractivity contribution in [2.24, 2.45) is 0 Å². The summed E-state index contributed by atoms with van der Waals surface area (Å²) in [6.07, 6.45) is 5.07. The molecule has 2 aliphatic rings. The fourth-order valence-electron chi connectivity index (χ4n) is 4.08. The molecule has 0 spiro atoms. The Hall–Kier alpha value is -2.27. The van der Waals surface area contributed by atoms with E-state index < -0.39 is 0 Å². The number of rotatable bonds is 8. The molecule has 10 heteroatoms. The van der Waals surface area contributed by atoms with Crippen LogP contribution in [-0.4, -0.2) is 74.8 Å². The molecule has 2 saturated heterocycles. The summed E-state index contributed by atoms with van der Waals surface area (Å²) in [6, 6.07) is 3.77. The van der Waals surface area contributed by atoms with Gasteiger partial charge < -0.3 is 10.1 Å². The molecule has 4 heterocycles. The van der Waals surface area contributed by atoms with Gasteiger partial charge >= 0.3 is 0 Å². The monoisotopic (exact) mass is 501 g/mol. The Balaban J connectivity index is 1.64. The maximum absolute atomic E-state index is 13.5. The van der Waals surface area contributed by atoms with Gasteiger partial charge in [-0.2, -0.15) is 0 Å². The van der Waals surface area contributed by atoms with Gasteiger partial charge in [0.1, 0.15) is 15.8 Å². The van der Waals surface area contributed by atoms with E-state index in [-0.39, 0.29) is 17.5 Å². The Morgan fingerprint density at radius 2 is 2.09 bits per heavy atom. The number of amides is 1. The highest BCUT2D eigenvalue weighted by molar-refractivity contribution is 8.26. The molecule has 8 nitrogen and oxygen atoms in total. The number of thioether (sulfide) groups is 1. The Kier molecular flexibility index (Phi) is 8.02. The van der Waals surface area contributed by atoms with E-state index in [4.69, 9.17) is 21.9 Å². The van der Waals surface area contributed by atoms with E-state index in [1.54, 1.807) is 17.2 Å². The third-order valence-corrected chi connectivity index (χ3v) is 7.59. The number of anilines is 1. The van der Waals surface area contributed by atoms with Crippen LogP contribution in [0.3, 0.4) is 0 Å². The molecule has 34 heavy (non-hydrogen) atoms. The number of carbonyl (C=O) groups is 1. The zero-order chi connectivity index (χ0) is 24.2. The zero-order valence-electron chi connectivity index (χ0n) is 19.9. The lowest BCUT2D eigenvalue weighted by atomic mass is 10.2. The normalized spacial score (nSPS) is 19.4. The summed E-state index contributed by atoms with van der Waals surface area (Å²) in [5.74, 6) is 0.339. The summed E-state index contributed by atoms with van der Waals surface area (Å²) < 4.78 is 7.47. The number of carbonyl (C=O) groups excluding carboxylic acids is 1. The van der Waals surface area contributed by atoms with Crippen LogP contribution in [0.1, 0.15) is 37.8 Å². The molecule has 1 amide bonds. The molecule has 0 aliphatic carbocycles. The van der Waals surface area contributed by atoms with Gasteiger partial charge in [0.15, 0.2) is 0 Å². The SMILES string of the molecule is CCC(C)N1C(=O)C(=Cc2c(NCCCN3CCOCC3)nc3c(C)cccn3c2=O)SC1=S. The predicted molar refractivity (Wildman–Crippen MR) is 141 cm³/mol. The number of nitrogens with one attached hydrogen (secondary N) is 1. The number of hydrogen-bond acceptors (Lipinski definition) is 8. The molecular weight excluding hydrogens is 470 g/mol. The van der Waals surface area contributed by atoms with Crippen molar-refractivity contribution in [2.45, 2.75) is 39.7 Å². The van der Waals surface area contributed by atoms with Gasteiger partial charge in [0, 0.05) is 31.9 Å². The van der Waals surface area contributed by atoms with E-state index in [9.17, 15) is 9.59 Å². The minimum absolute atomic E-state index is 0.00894. The third-order valence-electron chi connectivity index (χ3n) is 6.26. The summed E-state index contributed by atoms with van der Waals surface area (Å²) in [5.41, 5.74) is 1.68. The van der Waals surface area contributed by atoms with Crippen molar-refractivity contribution in [1.82, 2.24) is 19.2 Å². The number of pyridine rings is 1. The van der Waals surface area contributed by atoms with E-state index in [2.05, 4.69) is 10.2 Å². The number of fused-ring (bicyclic) bond motifs is 1. The predicted octanol–water partition coefficient (Wildman–Crippen LogP) is 3.14. The number of aryl methyl sites for hydroxylation is 1. The summed E-state index contributed by atoms with van der Waals surface area (Å²) in [6.45, 7) is 11.0. The minimum atomic E-state index is -0.210. The standard InChI is InChI=1S/C24H31N5O3S2/c1-4-17(3)29-23(31)19(34-24(29)33)15-18-20(25-8-6-9-27-11-13-32-14-12-27)26-21-16(2)7-5-10-28(21)22(18)30/h5,7,10,15,17,25H,4,6,8-9,11-14H2,1-3H3. The number of nitrogens with zero attached hydrogens (tertiary/aromatic N) is 4. The second-order valence-electron chi connectivity index (χ2n) is 8.61. The maximum Gasteiger partial charge on any atom is 0.267 e. The van der Waals surface area contributed by atoms with E-state index in [1.165, 1.54) is 16.2 Å². The van der Waals surface area contributed by atoms with Gasteiger partial charge in [0.25, 0.3) is 11.5 Å². The van der Waals surface area contributed by atoms with Crippen LogP contribution >= 0.6 is 24.0 Å². The number of aromatic nitrogens is 2. The van der Waals surface area contributed by atoms with Gasteiger partial charge in [0.05, 0.1) is 23.7 Å². The van der Waals surface area contributed by atoms with E-state index in [0.717, 1.165) is 51.3 Å². The van der Waals surface area contributed by atoms with Gasteiger partial charge in [-0.25, -0.2) is 4.98 Å². The summed E-state index contributed by atoms with van der Waals surface area (Å²) in [5, 5.41) is 3.36. The molecule has 0 bridgehead atoms. The molecule has 0 radical (unpaired) electrons. The molecule has 1 atom stereocenters. The second-order valence-corrected chi connectivity index (χ2v) is 10.3. The Morgan fingerprint density at radius 1 is 1.32 bits per heavy atom. The van der Waals surface area contributed by atoms with E-state index in [1.807, 2.05) is 32.9 Å². The first-order valence-corrected chi connectivity index (χ1v) is 13.0. The lowest BCUT2D eigenvalue weighted by Crippen LogP contribution is -2.37. The number of hydrogen-bond donors (Lipinski definition) is 1.